The Labute approximate surface area is 148 Å². The smallest absolute Gasteiger partial charge is 0.234 e. The fraction of sp³-hybridized carbons (Fsp3) is 0.579. The second-order valence-electron chi connectivity index (χ2n) is 7.26. The van der Waals surface area contributed by atoms with Gasteiger partial charge in [-0.15, -0.1) is 0 Å². The minimum absolute atomic E-state index is 0.0976. The van der Waals surface area contributed by atoms with E-state index in [1.54, 1.807) is 0 Å². The number of hydrogen-bond donors (Lipinski definition) is 1. The van der Waals surface area contributed by atoms with Crippen LogP contribution in [-0.2, 0) is 16.0 Å². The Morgan fingerprint density at radius 2 is 1.88 bits per heavy atom. The molecule has 1 aromatic carbocycles. The van der Waals surface area contributed by atoms with E-state index in [0.717, 1.165) is 43.7 Å². The highest BCUT2D eigenvalue weighted by molar-refractivity contribution is 5.80. The van der Waals surface area contributed by atoms with E-state index in [1.165, 1.54) is 0 Å². The monoisotopic (exact) mass is 343 g/mol. The maximum absolute atomic E-state index is 12.8. The number of carbonyl (C=O) groups excluding carboxylic acids is 2. The molecule has 3 aliphatic rings. The summed E-state index contributed by atoms with van der Waals surface area (Å²) in [7, 11) is 0. The van der Waals surface area contributed by atoms with Gasteiger partial charge in [-0.3, -0.25) is 14.5 Å². The predicted octanol–water partition coefficient (Wildman–Crippen LogP) is 0.661. The van der Waals surface area contributed by atoms with E-state index >= 15 is 0 Å². The van der Waals surface area contributed by atoms with Crippen LogP contribution < -0.4 is 10.1 Å². The lowest BCUT2D eigenvalue weighted by molar-refractivity contribution is -0.138. The maximum atomic E-state index is 12.8. The minimum atomic E-state index is -0.0976. The molecule has 2 heterocycles. The van der Waals surface area contributed by atoms with Gasteiger partial charge >= 0.3 is 0 Å². The number of ether oxygens (including phenoxy) is 1. The van der Waals surface area contributed by atoms with E-state index in [2.05, 4.69) is 10.2 Å². The molecule has 2 fully saturated rings. The van der Waals surface area contributed by atoms with Gasteiger partial charge in [0.1, 0.15) is 12.4 Å². The molecule has 1 saturated heterocycles. The molecule has 25 heavy (non-hydrogen) atoms. The van der Waals surface area contributed by atoms with Crippen molar-refractivity contribution in [3.63, 3.8) is 0 Å². The number of para-hydroxylation sites is 1. The zero-order valence-electron chi connectivity index (χ0n) is 14.4. The van der Waals surface area contributed by atoms with Crippen molar-refractivity contribution in [3.05, 3.63) is 29.8 Å². The highest BCUT2D eigenvalue weighted by atomic mass is 16.5. The highest BCUT2D eigenvalue weighted by Gasteiger charge is 2.32. The van der Waals surface area contributed by atoms with E-state index < -0.39 is 0 Å². The molecule has 6 heteroatoms. The molecule has 0 radical (unpaired) electrons. The predicted molar refractivity (Wildman–Crippen MR) is 93.3 cm³/mol. The first-order valence-electron chi connectivity index (χ1n) is 9.20. The summed E-state index contributed by atoms with van der Waals surface area (Å²) in [4.78, 5) is 28.7. The first kappa shape index (κ1) is 16.4. The molecule has 1 aliphatic carbocycles. The maximum Gasteiger partial charge on any atom is 0.234 e. The first-order chi connectivity index (χ1) is 12.2. The van der Waals surface area contributed by atoms with Crippen molar-refractivity contribution >= 4 is 11.8 Å². The largest absolute Gasteiger partial charge is 0.492 e. The molecule has 6 nitrogen and oxygen atoms in total. The van der Waals surface area contributed by atoms with Crippen LogP contribution in [0.2, 0.25) is 0 Å². The third-order valence-corrected chi connectivity index (χ3v) is 5.22. The number of hydrogen-bond acceptors (Lipinski definition) is 4. The van der Waals surface area contributed by atoms with Crippen LogP contribution in [0.25, 0.3) is 0 Å². The molecular formula is C19H25N3O3. The summed E-state index contributed by atoms with van der Waals surface area (Å²) in [5.41, 5.74) is 1.11. The number of rotatable bonds is 4. The Bertz CT molecular complexity index is 651. The number of nitrogens with zero attached hydrogens (tertiary/aromatic N) is 2. The topological polar surface area (TPSA) is 61.9 Å². The lowest BCUT2D eigenvalue weighted by Crippen LogP contribution is -2.53. The summed E-state index contributed by atoms with van der Waals surface area (Å²) in [5, 5.41) is 3.02. The van der Waals surface area contributed by atoms with Crippen LogP contribution in [0.4, 0.5) is 0 Å². The Balaban J connectivity index is 1.26. The van der Waals surface area contributed by atoms with Gasteiger partial charge in [-0.05, 0) is 30.9 Å². The molecule has 1 saturated carbocycles. The molecule has 1 aromatic rings. The number of fused-ring (bicyclic) bond motifs is 1. The van der Waals surface area contributed by atoms with Crippen molar-refractivity contribution < 1.29 is 14.3 Å². The molecule has 0 aromatic heterocycles. The standard InChI is InChI=1S/C19H25N3O3/c23-18(20-16-5-6-16)12-21-7-9-22(10-8-21)19(24)15-11-14-3-1-2-4-17(14)25-13-15/h1-4,15-16H,5-13H2,(H,20,23)/t15-/m0/s1. The molecule has 2 aliphatic heterocycles. The van der Waals surface area contributed by atoms with Crippen LogP contribution in [0, 0.1) is 5.92 Å². The van der Waals surface area contributed by atoms with E-state index in [-0.39, 0.29) is 17.7 Å². The van der Waals surface area contributed by atoms with Crippen LogP contribution in [-0.4, -0.2) is 67.0 Å². The summed E-state index contributed by atoms with van der Waals surface area (Å²) >= 11 is 0. The minimum Gasteiger partial charge on any atom is -0.492 e. The number of amides is 2. The van der Waals surface area contributed by atoms with Crippen LogP contribution in [0.5, 0.6) is 5.75 Å². The number of carbonyl (C=O) groups is 2. The van der Waals surface area contributed by atoms with Crippen LogP contribution in [0.1, 0.15) is 18.4 Å². The number of piperazine rings is 1. The van der Waals surface area contributed by atoms with Gasteiger partial charge < -0.3 is 15.0 Å². The Kier molecular flexibility index (Phi) is 4.61. The second-order valence-corrected chi connectivity index (χ2v) is 7.26. The van der Waals surface area contributed by atoms with E-state index in [0.29, 0.717) is 32.3 Å². The summed E-state index contributed by atoms with van der Waals surface area (Å²) in [6.45, 7) is 3.79. The lowest BCUT2D eigenvalue weighted by Gasteiger charge is -2.37. The average molecular weight is 343 g/mol. The molecule has 0 unspecified atom stereocenters. The van der Waals surface area contributed by atoms with Crippen LogP contribution in [0.3, 0.4) is 0 Å². The average Bonchev–Trinajstić information content (AvgIpc) is 3.45. The van der Waals surface area contributed by atoms with Gasteiger partial charge in [-0.1, -0.05) is 18.2 Å². The van der Waals surface area contributed by atoms with Crippen LogP contribution >= 0.6 is 0 Å². The molecule has 134 valence electrons. The molecule has 1 atom stereocenters. The molecule has 4 rings (SSSR count). The molecule has 1 N–H and O–H groups in total. The zero-order valence-corrected chi connectivity index (χ0v) is 14.4. The van der Waals surface area contributed by atoms with Gasteiger partial charge in [0.25, 0.3) is 0 Å². The summed E-state index contributed by atoms with van der Waals surface area (Å²) in [6.07, 6.45) is 2.97. The van der Waals surface area contributed by atoms with E-state index in [4.69, 9.17) is 4.74 Å². The molecule has 2 amide bonds. The Morgan fingerprint density at radius 3 is 2.64 bits per heavy atom. The number of nitrogens with one attached hydrogen (secondary N) is 1. The van der Waals surface area contributed by atoms with Gasteiger partial charge in [-0.25, -0.2) is 0 Å². The third kappa shape index (κ3) is 3.95. The van der Waals surface area contributed by atoms with Crippen molar-refractivity contribution in [2.45, 2.75) is 25.3 Å². The summed E-state index contributed by atoms with van der Waals surface area (Å²) < 4.78 is 5.75. The number of benzene rings is 1. The fourth-order valence-electron chi connectivity index (χ4n) is 3.58. The zero-order chi connectivity index (χ0) is 17.2. The summed E-state index contributed by atoms with van der Waals surface area (Å²) in [6, 6.07) is 8.34. The normalized spacial score (nSPS) is 23.5. The van der Waals surface area contributed by atoms with Crippen molar-refractivity contribution in [2.75, 3.05) is 39.3 Å². The van der Waals surface area contributed by atoms with Gasteiger partial charge in [0, 0.05) is 32.2 Å². The van der Waals surface area contributed by atoms with Gasteiger partial charge in [0.2, 0.25) is 11.8 Å². The van der Waals surface area contributed by atoms with Crippen molar-refractivity contribution in [2.24, 2.45) is 5.92 Å². The highest BCUT2D eigenvalue weighted by Crippen LogP contribution is 2.28. The SMILES string of the molecule is O=C(CN1CCN(C(=O)[C@@H]2COc3ccccc3C2)CC1)NC1CC1. The van der Waals surface area contributed by atoms with Crippen LogP contribution in [0.15, 0.2) is 24.3 Å². The Morgan fingerprint density at radius 1 is 1.12 bits per heavy atom. The summed E-state index contributed by atoms with van der Waals surface area (Å²) in [5.74, 6) is 1.09. The van der Waals surface area contributed by atoms with Crippen molar-refractivity contribution in [3.8, 4) is 5.75 Å². The molecule has 0 bridgehead atoms. The van der Waals surface area contributed by atoms with Crippen molar-refractivity contribution in [1.29, 1.82) is 0 Å². The van der Waals surface area contributed by atoms with E-state index in [9.17, 15) is 9.59 Å². The van der Waals surface area contributed by atoms with Crippen molar-refractivity contribution in [1.82, 2.24) is 15.1 Å². The van der Waals surface area contributed by atoms with E-state index in [1.807, 2.05) is 29.2 Å². The molecule has 0 spiro atoms. The van der Waals surface area contributed by atoms with Gasteiger partial charge in [-0.2, -0.15) is 0 Å². The Hall–Kier alpha value is -2.08. The van der Waals surface area contributed by atoms with Gasteiger partial charge in [0.15, 0.2) is 0 Å². The fourth-order valence-corrected chi connectivity index (χ4v) is 3.58. The second kappa shape index (κ2) is 7.04. The quantitative estimate of drug-likeness (QED) is 0.872. The third-order valence-electron chi connectivity index (χ3n) is 5.22. The lowest BCUT2D eigenvalue weighted by atomic mass is 9.95. The van der Waals surface area contributed by atoms with Gasteiger partial charge in [0.05, 0.1) is 12.5 Å². The first-order valence-corrected chi connectivity index (χ1v) is 9.20. The molecular weight excluding hydrogens is 318 g/mol.